The van der Waals surface area contributed by atoms with Gasteiger partial charge < -0.3 is 33.9 Å². The number of aromatic hydroxyl groups is 1. The molecule has 1 saturated heterocycles. The Morgan fingerprint density at radius 2 is 1.62 bits per heavy atom. The molecule has 0 bridgehead atoms. The second-order valence-electron chi connectivity index (χ2n) is 13.4. The highest BCUT2D eigenvalue weighted by Gasteiger charge is 2.39. The fourth-order valence-corrected chi connectivity index (χ4v) is 7.18. The van der Waals surface area contributed by atoms with Crippen LogP contribution in [-0.4, -0.2) is 91.8 Å². The van der Waals surface area contributed by atoms with Gasteiger partial charge in [0.1, 0.15) is 42.3 Å². The van der Waals surface area contributed by atoms with Gasteiger partial charge in [0.25, 0.3) is 5.91 Å². The summed E-state index contributed by atoms with van der Waals surface area (Å²) in [5.74, 6) is 1.64. The largest absolute Gasteiger partial charge is 0.508 e. The first-order valence-electron chi connectivity index (χ1n) is 17.7. The van der Waals surface area contributed by atoms with E-state index in [1.165, 1.54) is 10.5 Å². The van der Waals surface area contributed by atoms with Crippen LogP contribution in [0.15, 0.2) is 91.0 Å². The van der Waals surface area contributed by atoms with Crippen molar-refractivity contribution in [1.82, 2.24) is 15.1 Å². The third-order valence-electron chi connectivity index (χ3n) is 9.97. The fourth-order valence-electron chi connectivity index (χ4n) is 7.18. The molecule has 4 aromatic rings. The number of benzene rings is 4. The molecule has 1 unspecified atom stereocenters. The summed E-state index contributed by atoms with van der Waals surface area (Å²) in [5, 5.41) is 12.4. The summed E-state index contributed by atoms with van der Waals surface area (Å²) in [4.78, 5) is 40.4. The monoisotopic (exact) mass is 705 g/mol. The number of nitrogens with one attached hydrogen (secondary N) is 1. The predicted molar refractivity (Wildman–Crippen MR) is 193 cm³/mol. The van der Waals surface area contributed by atoms with Gasteiger partial charge in [-0.2, -0.15) is 0 Å². The van der Waals surface area contributed by atoms with Gasteiger partial charge >= 0.3 is 0 Å². The van der Waals surface area contributed by atoms with Crippen LogP contribution in [0.5, 0.6) is 23.0 Å². The Kier molecular flexibility index (Phi) is 10.7. The molecule has 11 heteroatoms. The molecule has 2 N–H and O–H groups in total. The lowest BCUT2D eigenvalue weighted by atomic mass is 9.76. The quantitative estimate of drug-likeness (QED) is 0.140. The zero-order valence-corrected chi connectivity index (χ0v) is 29.2. The summed E-state index contributed by atoms with van der Waals surface area (Å²) in [7, 11) is 2.03. The molecule has 0 spiro atoms. The first kappa shape index (κ1) is 35.0. The molecule has 3 amide bonds. The van der Waals surface area contributed by atoms with Crippen LogP contribution in [0.1, 0.15) is 57.3 Å². The van der Waals surface area contributed by atoms with E-state index in [1.54, 1.807) is 24.3 Å². The van der Waals surface area contributed by atoms with E-state index in [0.29, 0.717) is 57.3 Å². The number of phenolic OH excluding ortho intramolecular Hbond substituents is 1. The highest BCUT2D eigenvalue weighted by atomic mass is 16.5. The van der Waals surface area contributed by atoms with Gasteiger partial charge in [-0.25, -0.2) is 0 Å². The second-order valence-corrected chi connectivity index (χ2v) is 13.4. The van der Waals surface area contributed by atoms with E-state index in [2.05, 4.69) is 46.6 Å². The van der Waals surface area contributed by atoms with Gasteiger partial charge in [0.2, 0.25) is 11.8 Å². The number of nitrogens with zero attached hydrogens (tertiary/aromatic N) is 2. The lowest BCUT2D eigenvalue weighted by molar-refractivity contribution is -0.136. The minimum Gasteiger partial charge on any atom is -0.508 e. The number of piperidine rings is 1. The maximum Gasteiger partial charge on any atom is 0.255 e. The Morgan fingerprint density at radius 3 is 2.42 bits per heavy atom. The summed E-state index contributed by atoms with van der Waals surface area (Å²) >= 11 is 0. The van der Waals surface area contributed by atoms with Crippen molar-refractivity contribution in [2.45, 2.75) is 37.3 Å². The lowest BCUT2D eigenvalue weighted by Crippen LogP contribution is -2.52. The Bertz CT molecular complexity index is 1900. The van der Waals surface area contributed by atoms with Crippen molar-refractivity contribution in [3.63, 3.8) is 0 Å². The average molecular weight is 706 g/mol. The number of hydrogen-bond acceptors (Lipinski definition) is 9. The highest BCUT2D eigenvalue weighted by molar-refractivity contribution is 6.05. The molecule has 3 aliphatic heterocycles. The number of amides is 3. The van der Waals surface area contributed by atoms with Gasteiger partial charge in [-0.1, -0.05) is 48.5 Å². The van der Waals surface area contributed by atoms with E-state index in [-0.39, 0.29) is 35.8 Å². The summed E-state index contributed by atoms with van der Waals surface area (Å²) < 4.78 is 23.8. The number of likely N-dealkylation sites (N-methyl/N-ethyl adjacent to an activating group) is 1. The molecule has 52 heavy (non-hydrogen) atoms. The van der Waals surface area contributed by atoms with Crippen LogP contribution in [-0.2, 0) is 20.9 Å². The number of phenols is 1. The number of carbonyl (C=O) groups is 3. The Balaban J connectivity index is 0.822. The number of imide groups is 1. The van der Waals surface area contributed by atoms with Crippen LogP contribution >= 0.6 is 0 Å². The van der Waals surface area contributed by atoms with E-state index < -0.39 is 11.9 Å². The minimum atomic E-state index is -0.639. The SMILES string of the molecule is CN(CCOCCOc1ccc2c(c1)CN(C1CCC(=O)NC1=O)C2=O)CCOc1ccc([C@H]2c3ccc(O)cc3OC[C@H]2c2ccccc2)cc1. The lowest BCUT2D eigenvalue weighted by Gasteiger charge is -2.34. The fraction of sp³-hybridized carbons (Fsp3) is 0.341. The first-order chi connectivity index (χ1) is 25.3. The maximum absolute atomic E-state index is 12.9. The van der Waals surface area contributed by atoms with Crippen molar-refractivity contribution >= 4 is 17.7 Å². The number of rotatable bonds is 14. The summed E-state index contributed by atoms with van der Waals surface area (Å²) in [6, 6.07) is 28.7. The average Bonchev–Trinajstić information content (AvgIpc) is 3.48. The third-order valence-corrected chi connectivity index (χ3v) is 9.97. The summed E-state index contributed by atoms with van der Waals surface area (Å²) in [5.41, 5.74) is 4.79. The number of hydrogen-bond donors (Lipinski definition) is 2. The van der Waals surface area contributed by atoms with Gasteiger partial charge in [-0.05, 0) is 66.6 Å². The molecule has 270 valence electrons. The molecular formula is C41H43N3O8. The number of carbonyl (C=O) groups excluding carboxylic acids is 3. The normalized spacial score (nSPS) is 19.5. The molecule has 11 nitrogen and oxygen atoms in total. The van der Waals surface area contributed by atoms with E-state index in [1.807, 2.05) is 37.4 Å². The molecule has 4 aromatic carbocycles. The Labute approximate surface area is 303 Å². The summed E-state index contributed by atoms with van der Waals surface area (Å²) in [6.45, 7) is 4.16. The molecular weight excluding hydrogens is 662 g/mol. The van der Waals surface area contributed by atoms with E-state index in [9.17, 15) is 19.5 Å². The molecule has 3 atom stereocenters. The third kappa shape index (κ3) is 7.90. The van der Waals surface area contributed by atoms with Gasteiger partial charge in [0.15, 0.2) is 0 Å². The number of fused-ring (bicyclic) bond motifs is 2. The molecule has 0 saturated carbocycles. The molecule has 1 fully saturated rings. The van der Waals surface area contributed by atoms with Crippen LogP contribution in [0.4, 0.5) is 0 Å². The van der Waals surface area contributed by atoms with Gasteiger partial charge in [0, 0.05) is 55.1 Å². The molecule has 3 heterocycles. The first-order valence-corrected chi connectivity index (χ1v) is 17.7. The van der Waals surface area contributed by atoms with Crippen molar-refractivity contribution in [3.05, 3.63) is 119 Å². The maximum atomic E-state index is 12.9. The zero-order valence-electron chi connectivity index (χ0n) is 29.2. The minimum absolute atomic E-state index is 0.0780. The summed E-state index contributed by atoms with van der Waals surface area (Å²) in [6.07, 6.45) is 0.556. The van der Waals surface area contributed by atoms with Crippen molar-refractivity contribution in [1.29, 1.82) is 0 Å². The molecule has 0 aromatic heterocycles. The van der Waals surface area contributed by atoms with Crippen LogP contribution in [0.25, 0.3) is 0 Å². The molecule has 0 aliphatic carbocycles. The van der Waals surface area contributed by atoms with E-state index in [0.717, 1.165) is 41.3 Å². The van der Waals surface area contributed by atoms with Crippen molar-refractivity contribution in [3.8, 4) is 23.0 Å². The Hall–Kier alpha value is -5.39. The Morgan fingerprint density at radius 1 is 0.846 bits per heavy atom. The van der Waals surface area contributed by atoms with Crippen LogP contribution in [0.3, 0.4) is 0 Å². The molecule has 0 radical (unpaired) electrons. The van der Waals surface area contributed by atoms with Crippen molar-refractivity contribution < 1.29 is 38.4 Å². The zero-order chi connectivity index (χ0) is 36.0. The topological polar surface area (TPSA) is 127 Å². The van der Waals surface area contributed by atoms with Crippen molar-refractivity contribution in [2.75, 3.05) is 53.2 Å². The van der Waals surface area contributed by atoms with Gasteiger partial charge in [0.05, 0.1) is 19.8 Å². The van der Waals surface area contributed by atoms with Crippen LogP contribution in [0, 0.1) is 0 Å². The number of ether oxygens (including phenoxy) is 4. The van der Waals surface area contributed by atoms with E-state index in [4.69, 9.17) is 18.9 Å². The second kappa shape index (κ2) is 15.9. The molecule has 7 rings (SSSR count). The van der Waals surface area contributed by atoms with Gasteiger partial charge in [-0.3, -0.25) is 19.7 Å². The van der Waals surface area contributed by atoms with Gasteiger partial charge in [-0.15, -0.1) is 0 Å². The standard InChI is InChI=1S/C41H43N3O8/c1-43(17-19-49-21-22-51-32-12-14-33-29(23-32)25-44(41(33)48)36-15-16-38(46)42-40(36)47)18-20-50-31-10-7-28(8-11-31)39-34-13-9-30(45)24-37(34)52-26-35(39)27-5-3-2-4-6-27/h2-14,23-24,35-36,39,45H,15-22,25-26H2,1H3,(H,42,46,47)/t35-,36?,39-/m0/s1. The van der Waals surface area contributed by atoms with Crippen LogP contribution in [0.2, 0.25) is 0 Å². The van der Waals surface area contributed by atoms with Crippen LogP contribution < -0.4 is 19.5 Å². The predicted octanol–water partition coefficient (Wildman–Crippen LogP) is 4.87. The van der Waals surface area contributed by atoms with E-state index >= 15 is 0 Å². The highest BCUT2D eigenvalue weighted by Crippen LogP contribution is 2.47. The smallest absolute Gasteiger partial charge is 0.255 e. The van der Waals surface area contributed by atoms with Crippen molar-refractivity contribution in [2.24, 2.45) is 0 Å². The molecule has 3 aliphatic rings.